The summed E-state index contributed by atoms with van der Waals surface area (Å²) in [5.74, 6) is 0.961. The van der Waals surface area contributed by atoms with Gasteiger partial charge in [0.2, 0.25) is 0 Å². The van der Waals surface area contributed by atoms with Gasteiger partial charge in [0.15, 0.2) is 0 Å². The van der Waals surface area contributed by atoms with Gasteiger partial charge in [0, 0.05) is 13.2 Å². The average molecular weight is 263 g/mol. The van der Waals surface area contributed by atoms with Gasteiger partial charge in [0.05, 0.1) is 11.5 Å². The van der Waals surface area contributed by atoms with Crippen LogP contribution in [0.2, 0.25) is 0 Å². The van der Waals surface area contributed by atoms with Gasteiger partial charge in [-0.25, -0.2) is 9.97 Å². The van der Waals surface area contributed by atoms with Crippen molar-refractivity contribution in [3.05, 3.63) is 17.8 Å². The number of rotatable bonds is 3. The van der Waals surface area contributed by atoms with Crippen molar-refractivity contribution in [3.8, 4) is 0 Å². The van der Waals surface area contributed by atoms with Crippen LogP contribution in [-0.4, -0.2) is 29.2 Å². The van der Waals surface area contributed by atoms with E-state index in [9.17, 15) is 0 Å². The van der Waals surface area contributed by atoms with Crippen LogP contribution in [-0.2, 0) is 4.74 Å². The van der Waals surface area contributed by atoms with Gasteiger partial charge in [-0.3, -0.25) is 0 Å². The minimum absolute atomic E-state index is 0.385. The van der Waals surface area contributed by atoms with Crippen LogP contribution in [0.1, 0.15) is 25.7 Å². The minimum atomic E-state index is 0.385. The lowest BCUT2D eigenvalue weighted by atomic mass is 9.93. The molecule has 0 aromatic carbocycles. The van der Waals surface area contributed by atoms with Crippen molar-refractivity contribution in [1.82, 2.24) is 9.97 Å². The Balaban J connectivity index is 1.77. The summed E-state index contributed by atoms with van der Waals surface area (Å²) >= 11 is 1.65. The Kier molecular flexibility index (Phi) is 3.43. The average Bonchev–Trinajstić information content (AvgIpc) is 2.88. The van der Waals surface area contributed by atoms with Crippen molar-refractivity contribution in [2.45, 2.75) is 37.8 Å². The largest absolute Gasteiger partial charge is 0.381 e. The van der Waals surface area contributed by atoms with Crippen LogP contribution in [0.3, 0.4) is 0 Å². The highest BCUT2D eigenvalue weighted by Crippen LogP contribution is 2.28. The highest BCUT2D eigenvalue weighted by molar-refractivity contribution is 7.16. The number of hydrogen-bond acceptors (Lipinski definition) is 5. The molecule has 3 rings (SSSR count). The van der Waals surface area contributed by atoms with Gasteiger partial charge in [0.1, 0.15) is 17.0 Å². The monoisotopic (exact) mass is 263 g/mol. The Hall–Kier alpha value is -1.20. The molecule has 4 nitrogen and oxygen atoms in total. The van der Waals surface area contributed by atoms with Crippen molar-refractivity contribution < 1.29 is 4.74 Å². The van der Waals surface area contributed by atoms with Gasteiger partial charge in [-0.05, 0) is 37.1 Å². The van der Waals surface area contributed by atoms with E-state index in [-0.39, 0.29) is 0 Å². The number of thiophene rings is 1. The second-order valence-electron chi connectivity index (χ2n) is 4.73. The lowest BCUT2D eigenvalue weighted by Crippen LogP contribution is -2.31. The predicted molar refractivity (Wildman–Crippen MR) is 74.1 cm³/mol. The summed E-state index contributed by atoms with van der Waals surface area (Å²) in [6.07, 6.45) is 6.66. The third-order valence-corrected chi connectivity index (χ3v) is 4.38. The first-order valence-electron chi connectivity index (χ1n) is 6.34. The van der Waals surface area contributed by atoms with Crippen molar-refractivity contribution in [1.29, 1.82) is 0 Å². The van der Waals surface area contributed by atoms with Crippen LogP contribution in [0, 0.1) is 0 Å². The quantitative estimate of drug-likeness (QED) is 0.924. The van der Waals surface area contributed by atoms with Crippen LogP contribution in [0.25, 0.3) is 10.2 Å². The maximum atomic E-state index is 5.46. The minimum Gasteiger partial charge on any atom is -0.381 e. The zero-order chi connectivity index (χ0) is 12.4. The summed E-state index contributed by atoms with van der Waals surface area (Å²) in [7, 11) is 1.80. The van der Waals surface area contributed by atoms with Crippen molar-refractivity contribution in [3.63, 3.8) is 0 Å². The summed E-state index contributed by atoms with van der Waals surface area (Å²) in [6.45, 7) is 0. The number of ether oxygens (including phenoxy) is 1. The van der Waals surface area contributed by atoms with Gasteiger partial charge in [-0.15, -0.1) is 11.3 Å². The van der Waals surface area contributed by atoms with Crippen molar-refractivity contribution in [2.24, 2.45) is 0 Å². The molecule has 0 bridgehead atoms. The van der Waals surface area contributed by atoms with E-state index in [0.29, 0.717) is 12.1 Å². The molecule has 18 heavy (non-hydrogen) atoms. The standard InChI is InChI=1S/C13H17N3OS/c1-17-10-4-2-3-9(7-10)16-12-11-5-6-18-13(11)15-8-14-12/h5-6,8-10H,2-4,7H2,1H3,(H,14,15,16). The van der Waals surface area contributed by atoms with Gasteiger partial charge in [-0.1, -0.05) is 0 Å². The second-order valence-corrected chi connectivity index (χ2v) is 5.62. The molecule has 1 N–H and O–H groups in total. The zero-order valence-corrected chi connectivity index (χ0v) is 11.2. The molecule has 5 heteroatoms. The van der Waals surface area contributed by atoms with E-state index in [2.05, 4.69) is 26.7 Å². The van der Waals surface area contributed by atoms with Crippen LogP contribution in [0.4, 0.5) is 5.82 Å². The fraction of sp³-hybridized carbons (Fsp3) is 0.538. The van der Waals surface area contributed by atoms with Crippen LogP contribution >= 0.6 is 11.3 Å². The Labute approximate surface area is 110 Å². The van der Waals surface area contributed by atoms with Crippen LogP contribution in [0.15, 0.2) is 17.8 Å². The Morgan fingerprint density at radius 3 is 3.22 bits per heavy atom. The first-order valence-corrected chi connectivity index (χ1v) is 7.22. The lowest BCUT2D eigenvalue weighted by molar-refractivity contribution is 0.0669. The Morgan fingerprint density at radius 2 is 2.33 bits per heavy atom. The van der Waals surface area contributed by atoms with E-state index >= 15 is 0 Å². The SMILES string of the molecule is COC1CCCC(Nc2ncnc3sccc23)C1. The van der Waals surface area contributed by atoms with Crippen LogP contribution < -0.4 is 5.32 Å². The first kappa shape index (κ1) is 11.9. The van der Waals surface area contributed by atoms with E-state index < -0.39 is 0 Å². The third kappa shape index (κ3) is 2.33. The normalized spacial score (nSPS) is 24.3. The molecule has 1 aliphatic carbocycles. The maximum Gasteiger partial charge on any atom is 0.138 e. The van der Waals surface area contributed by atoms with E-state index in [0.717, 1.165) is 22.5 Å². The van der Waals surface area contributed by atoms with Gasteiger partial charge < -0.3 is 10.1 Å². The first-order chi connectivity index (χ1) is 8.86. The molecular weight excluding hydrogens is 246 g/mol. The number of nitrogens with one attached hydrogen (secondary N) is 1. The Morgan fingerprint density at radius 1 is 1.39 bits per heavy atom. The molecule has 0 radical (unpaired) electrons. The van der Waals surface area contributed by atoms with E-state index in [1.54, 1.807) is 24.8 Å². The fourth-order valence-electron chi connectivity index (χ4n) is 2.59. The van der Waals surface area contributed by atoms with Crippen LogP contribution in [0.5, 0.6) is 0 Å². The highest BCUT2D eigenvalue weighted by Gasteiger charge is 2.22. The molecule has 0 aliphatic heterocycles. The van der Waals surface area contributed by atoms with Gasteiger partial charge >= 0.3 is 0 Å². The van der Waals surface area contributed by atoms with E-state index in [1.165, 1.54) is 19.3 Å². The smallest absolute Gasteiger partial charge is 0.138 e. The number of aromatic nitrogens is 2. The third-order valence-electron chi connectivity index (χ3n) is 3.56. The molecule has 2 unspecified atom stereocenters. The second kappa shape index (κ2) is 5.20. The summed E-state index contributed by atoms with van der Waals surface area (Å²) in [4.78, 5) is 9.68. The number of anilines is 1. The molecule has 96 valence electrons. The molecule has 2 heterocycles. The maximum absolute atomic E-state index is 5.46. The molecule has 2 atom stereocenters. The topological polar surface area (TPSA) is 47.0 Å². The van der Waals surface area contributed by atoms with Crippen molar-refractivity contribution >= 4 is 27.4 Å². The van der Waals surface area contributed by atoms with Gasteiger partial charge in [-0.2, -0.15) is 0 Å². The molecular formula is C13H17N3OS. The van der Waals surface area contributed by atoms with E-state index in [1.807, 2.05) is 0 Å². The molecule has 0 amide bonds. The van der Waals surface area contributed by atoms with Gasteiger partial charge in [0.25, 0.3) is 0 Å². The molecule has 1 saturated carbocycles. The molecule has 2 aromatic rings. The molecule has 0 spiro atoms. The van der Waals surface area contributed by atoms with Crippen molar-refractivity contribution in [2.75, 3.05) is 12.4 Å². The summed E-state index contributed by atoms with van der Waals surface area (Å²) in [5.41, 5.74) is 0. The molecule has 2 aromatic heterocycles. The zero-order valence-electron chi connectivity index (χ0n) is 10.4. The summed E-state index contributed by atoms with van der Waals surface area (Å²) in [6, 6.07) is 2.54. The molecule has 0 saturated heterocycles. The lowest BCUT2D eigenvalue weighted by Gasteiger charge is -2.29. The number of hydrogen-bond donors (Lipinski definition) is 1. The van der Waals surface area contributed by atoms with E-state index in [4.69, 9.17) is 4.74 Å². The fourth-order valence-corrected chi connectivity index (χ4v) is 3.32. The summed E-state index contributed by atoms with van der Waals surface area (Å²) < 4.78 is 5.46. The Bertz CT molecular complexity index is 528. The molecule has 1 fully saturated rings. The number of nitrogens with zero attached hydrogens (tertiary/aromatic N) is 2. The summed E-state index contributed by atoms with van der Waals surface area (Å²) in [5, 5.41) is 6.74. The number of fused-ring (bicyclic) bond motifs is 1. The predicted octanol–water partition coefficient (Wildman–Crippen LogP) is 3.06. The molecule has 1 aliphatic rings. The number of methoxy groups -OCH3 is 1. The highest BCUT2D eigenvalue weighted by atomic mass is 32.1.